The molecule has 0 bridgehead atoms. The molecule has 174 valence electrons. The molecule has 2 aromatic carbocycles. The van der Waals surface area contributed by atoms with E-state index < -0.39 is 10.0 Å². The Bertz CT molecular complexity index is 1150. The molecule has 2 fully saturated rings. The molecule has 0 radical (unpaired) electrons. The van der Waals surface area contributed by atoms with Crippen LogP contribution in [-0.4, -0.2) is 92.4 Å². The number of rotatable bonds is 5. The van der Waals surface area contributed by atoms with Crippen LogP contribution in [0.25, 0.3) is 0 Å². The number of anilines is 1. The minimum atomic E-state index is -3.78. The van der Waals surface area contributed by atoms with Crippen LogP contribution in [0.4, 0.5) is 5.69 Å². The second kappa shape index (κ2) is 9.79. The zero-order valence-corrected chi connectivity index (χ0v) is 19.1. The van der Waals surface area contributed by atoms with Crippen LogP contribution in [-0.2, 0) is 14.8 Å². The first-order chi connectivity index (χ1) is 15.9. The highest BCUT2D eigenvalue weighted by Gasteiger charge is 2.32. The van der Waals surface area contributed by atoms with E-state index in [2.05, 4.69) is 9.80 Å². The number of phenolic OH excluding ortho intramolecular Hbond substituents is 1. The fourth-order valence-corrected chi connectivity index (χ4v) is 5.83. The zero-order valence-electron chi connectivity index (χ0n) is 18.3. The Hall–Kier alpha value is -3.13. The maximum Gasteiger partial charge on any atom is 0.244 e. The third kappa shape index (κ3) is 4.95. The van der Waals surface area contributed by atoms with Crippen LogP contribution in [0, 0.1) is 11.3 Å². The summed E-state index contributed by atoms with van der Waals surface area (Å²) in [7, 11) is -3.78. The van der Waals surface area contributed by atoms with Crippen molar-refractivity contribution in [2.75, 3.05) is 63.8 Å². The monoisotopic (exact) mass is 469 g/mol. The molecule has 0 aliphatic carbocycles. The van der Waals surface area contributed by atoms with E-state index >= 15 is 0 Å². The van der Waals surface area contributed by atoms with Crippen LogP contribution in [0.15, 0.2) is 53.4 Å². The van der Waals surface area contributed by atoms with Crippen molar-refractivity contribution in [2.24, 2.45) is 0 Å². The van der Waals surface area contributed by atoms with Crippen molar-refractivity contribution in [3.05, 3.63) is 54.1 Å². The molecule has 2 aliphatic rings. The quantitative estimate of drug-likeness (QED) is 0.694. The van der Waals surface area contributed by atoms with Gasteiger partial charge in [-0.25, -0.2) is 8.42 Å². The molecule has 0 atom stereocenters. The Morgan fingerprint density at radius 1 is 0.909 bits per heavy atom. The maximum absolute atomic E-state index is 13.0. The van der Waals surface area contributed by atoms with Gasteiger partial charge < -0.3 is 14.9 Å². The number of carbonyl (C=O) groups excluding carboxylic acids is 1. The molecule has 0 spiro atoms. The van der Waals surface area contributed by atoms with Crippen LogP contribution >= 0.6 is 0 Å². The molecular weight excluding hydrogens is 442 g/mol. The summed E-state index contributed by atoms with van der Waals surface area (Å²) in [5.41, 5.74) is 0.928. The van der Waals surface area contributed by atoms with E-state index in [1.165, 1.54) is 16.4 Å². The summed E-state index contributed by atoms with van der Waals surface area (Å²) in [4.78, 5) is 18.7. The minimum Gasteiger partial charge on any atom is -0.506 e. The topological polar surface area (TPSA) is 108 Å². The Balaban J connectivity index is 1.29. The standard InChI is InChI=1S/C23H27N5O4S/c24-17-19-5-1-4-8-22(19)33(31,32)28-15-13-27(14-16-28)23(30)18-25-9-11-26(12-10-25)20-6-2-3-7-21(20)29/h1-8,29H,9-16,18H2. The van der Waals surface area contributed by atoms with E-state index in [-0.39, 0.29) is 35.2 Å². The van der Waals surface area contributed by atoms with Gasteiger partial charge in [-0.1, -0.05) is 24.3 Å². The SMILES string of the molecule is N#Cc1ccccc1S(=O)(=O)N1CCN(C(=O)CN2CCN(c3ccccc3O)CC2)CC1. The lowest BCUT2D eigenvalue weighted by molar-refractivity contribution is -0.133. The normalized spacial score (nSPS) is 18.2. The summed E-state index contributed by atoms with van der Waals surface area (Å²) in [6.45, 7) is 4.20. The predicted octanol–water partition coefficient (Wildman–Crippen LogP) is 0.919. The van der Waals surface area contributed by atoms with E-state index in [4.69, 9.17) is 0 Å². The second-order valence-corrected chi connectivity index (χ2v) is 10.1. The van der Waals surface area contributed by atoms with Crippen molar-refractivity contribution < 1.29 is 18.3 Å². The van der Waals surface area contributed by atoms with Crippen LogP contribution in [0.1, 0.15) is 5.56 Å². The van der Waals surface area contributed by atoms with Crippen molar-refractivity contribution >= 4 is 21.6 Å². The van der Waals surface area contributed by atoms with Crippen molar-refractivity contribution in [2.45, 2.75) is 4.90 Å². The number of nitriles is 1. The lowest BCUT2D eigenvalue weighted by Crippen LogP contribution is -2.54. The Morgan fingerprint density at radius 2 is 1.55 bits per heavy atom. The van der Waals surface area contributed by atoms with Crippen molar-refractivity contribution in [1.29, 1.82) is 5.26 Å². The Morgan fingerprint density at radius 3 is 2.21 bits per heavy atom. The van der Waals surface area contributed by atoms with E-state index in [0.29, 0.717) is 32.7 Å². The lowest BCUT2D eigenvalue weighted by atomic mass is 10.2. The molecule has 2 saturated heterocycles. The average molecular weight is 470 g/mol. The van der Waals surface area contributed by atoms with Gasteiger partial charge in [-0.3, -0.25) is 9.69 Å². The fraction of sp³-hybridized carbons (Fsp3) is 0.391. The maximum atomic E-state index is 13.0. The summed E-state index contributed by atoms with van der Waals surface area (Å²) in [5.74, 6) is 0.243. The molecule has 2 aromatic rings. The van der Waals surface area contributed by atoms with Gasteiger partial charge >= 0.3 is 0 Å². The van der Waals surface area contributed by atoms with E-state index in [0.717, 1.165) is 18.8 Å². The molecule has 0 aromatic heterocycles. The van der Waals surface area contributed by atoms with Crippen molar-refractivity contribution in [1.82, 2.24) is 14.1 Å². The molecule has 2 aliphatic heterocycles. The van der Waals surface area contributed by atoms with Gasteiger partial charge in [-0.05, 0) is 24.3 Å². The highest BCUT2D eigenvalue weighted by atomic mass is 32.2. The number of nitrogens with zero attached hydrogens (tertiary/aromatic N) is 5. The molecule has 1 amide bonds. The van der Waals surface area contributed by atoms with E-state index in [1.54, 1.807) is 29.2 Å². The molecule has 33 heavy (non-hydrogen) atoms. The van der Waals surface area contributed by atoms with Gasteiger partial charge in [0.05, 0.1) is 22.7 Å². The molecule has 0 saturated carbocycles. The number of piperazine rings is 2. The highest BCUT2D eigenvalue weighted by Crippen LogP contribution is 2.27. The van der Waals surface area contributed by atoms with Crippen LogP contribution in [0.5, 0.6) is 5.75 Å². The zero-order chi connectivity index (χ0) is 23.4. The molecule has 9 nitrogen and oxygen atoms in total. The molecular formula is C23H27N5O4S. The largest absolute Gasteiger partial charge is 0.506 e. The summed E-state index contributed by atoms with van der Waals surface area (Å²) >= 11 is 0. The number of aromatic hydroxyl groups is 1. The number of sulfonamides is 1. The van der Waals surface area contributed by atoms with E-state index in [1.807, 2.05) is 18.2 Å². The van der Waals surface area contributed by atoms with Gasteiger partial charge in [0.2, 0.25) is 15.9 Å². The number of amides is 1. The van der Waals surface area contributed by atoms with Crippen molar-refractivity contribution in [3.63, 3.8) is 0 Å². The smallest absolute Gasteiger partial charge is 0.244 e. The summed E-state index contributed by atoms with van der Waals surface area (Å²) in [6.07, 6.45) is 0. The number of phenols is 1. The first-order valence-electron chi connectivity index (χ1n) is 10.9. The first kappa shape index (κ1) is 23.0. The van der Waals surface area contributed by atoms with Gasteiger partial charge in [0.1, 0.15) is 11.8 Å². The molecule has 10 heteroatoms. The number of para-hydroxylation sites is 2. The van der Waals surface area contributed by atoms with Gasteiger partial charge in [-0.2, -0.15) is 9.57 Å². The second-order valence-electron chi connectivity index (χ2n) is 8.14. The van der Waals surface area contributed by atoms with Crippen LogP contribution < -0.4 is 4.90 Å². The average Bonchev–Trinajstić information content (AvgIpc) is 2.85. The number of hydrogen-bond donors (Lipinski definition) is 1. The number of hydrogen-bond acceptors (Lipinski definition) is 7. The Kier molecular flexibility index (Phi) is 6.83. The number of benzene rings is 2. The van der Waals surface area contributed by atoms with Gasteiger partial charge in [-0.15, -0.1) is 0 Å². The highest BCUT2D eigenvalue weighted by molar-refractivity contribution is 7.89. The van der Waals surface area contributed by atoms with Crippen molar-refractivity contribution in [3.8, 4) is 11.8 Å². The summed E-state index contributed by atoms with van der Waals surface area (Å²) in [5, 5.41) is 19.3. The predicted molar refractivity (Wildman–Crippen MR) is 123 cm³/mol. The van der Waals surface area contributed by atoms with Crippen LogP contribution in [0.2, 0.25) is 0 Å². The number of carbonyl (C=O) groups is 1. The summed E-state index contributed by atoms with van der Waals surface area (Å²) in [6, 6.07) is 15.4. The molecule has 1 N–H and O–H groups in total. The van der Waals surface area contributed by atoms with Gasteiger partial charge in [0, 0.05) is 52.4 Å². The molecule has 2 heterocycles. The van der Waals surface area contributed by atoms with E-state index in [9.17, 15) is 23.6 Å². The van der Waals surface area contributed by atoms with Gasteiger partial charge in [0.25, 0.3) is 0 Å². The molecule has 0 unspecified atom stereocenters. The third-order valence-corrected chi connectivity index (χ3v) is 8.13. The van der Waals surface area contributed by atoms with Crippen LogP contribution in [0.3, 0.4) is 0 Å². The van der Waals surface area contributed by atoms with Gasteiger partial charge in [0.15, 0.2) is 0 Å². The summed E-state index contributed by atoms with van der Waals surface area (Å²) < 4.78 is 27.3. The Labute approximate surface area is 194 Å². The first-order valence-corrected chi connectivity index (χ1v) is 12.4. The molecule has 4 rings (SSSR count). The fourth-order valence-electron chi connectivity index (χ4n) is 4.27. The minimum absolute atomic E-state index is 0.00889. The third-order valence-electron chi connectivity index (χ3n) is 6.17. The lowest BCUT2D eigenvalue weighted by Gasteiger charge is -2.38.